The molecule has 2 aliphatic heterocycles. The minimum atomic E-state index is -0.105. The number of ether oxygens (including phenoxy) is 1. The van der Waals surface area contributed by atoms with Crippen LogP contribution in [0.4, 0.5) is 0 Å². The van der Waals surface area contributed by atoms with Crippen molar-refractivity contribution in [2.45, 2.75) is 45.1 Å². The number of H-pyrrole nitrogens is 1. The van der Waals surface area contributed by atoms with Gasteiger partial charge < -0.3 is 9.64 Å². The van der Waals surface area contributed by atoms with Gasteiger partial charge in [-0.1, -0.05) is 38.1 Å². The molecule has 7 heteroatoms. The number of hydrogen-bond acceptors (Lipinski definition) is 5. The van der Waals surface area contributed by atoms with Crippen molar-refractivity contribution >= 4 is 5.91 Å². The molecule has 0 unspecified atom stereocenters. The number of carbonyl (C=O) groups is 1. The van der Waals surface area contributed by atoms with Crippen molar-refractivity contribution in [1.29, 1.82) is 0 Å². The standard InChI is InChI=1S/C23H33N5O2/c1-16(2)19-7-5-18(6-8-19)11-27-12-20-13-28(21(29)14-30-4)10-9-23(20,15-27)22-24-17(3)25-26-22/h5-8,16,20H,9-15H2,1-4H3,(H,24,25,26)/t20-,23+/m0/s1. The highest BCUT2D eigenvalue weighted by Gasteiger charge is 2.53. The zero-order valence-electron chi connectivity index (χ0n) is 18.5. The molecule has 1 aromatic heterocycles. The molecule has 2 aliphatic rings. The van der Waals surface area contributed by atoms with Crippen molar-refractivity contribution in [3.63, 3.8) is 0 Å². The number of aryl methyl sites for hydroxylation is 1. The van der Waals surface area contributed by atoms with Crippen molar-refractivity contribution < 1.29 is 9.53 Å². The summed E-state index contributed by atoms with van der Waals surface area (Å²) in [6.07, 6.45) is 0.882. The second kappa shape index (κ2) is 8.47. The van der Waals surface area contributed by atoms with Gasteiger partial charge >= 0.3 is 0 Å². The van der Waals surface area contributed by atoms with Gasteiger partial charge in [0.15, 0.2) is 5.82 Å². The molecule has 30 heavy (non-hydrogen) atoms. The van der Waals surface area contributed by atoms with Crippen LogP contribution in [0.5, 0.6) is 0 Å². The fourth-order valence-electron chi connectivity index (χ4n) is 5.04. The number of aromatic nitrogens is 3. The van der Waals surface area contributed by atoms with Crippen molar-refractivity contribution in [2.24, 2.45) is 5.92 Å². The largest absolute Gasteiger partial charge is 0.375 e. The van der Waals surface area contributed by atoms with Gasteiger partial charge in [0.2, 0.25) is 5.91 Å². The summed E-state index contributed by atoms with van der Waals surface area (Å²) in [5.74, 6) is 2.68. The first-order chi connectivity index (χ1) is 14.4. The SMILES string of the molecule is COCC(=O)N1CC[C@@]2(c3n[nH]c(C)n3)CN(Cc3ccc(C(C)C)cc3)C[C@H]2C1. The van der Waals surface area contributed by atoms with Gasteiger partial charge in [0.1, 0.15) is 12.4 Å². The van der Waals surface area contributed by atoms with Crippen LogP contribution >= 0.6 is 0 Å². The number of nitrogens with zero attached hydrogens (tertiary/aromatic N) is 4. The molecule has 1 N–H and O–H groups in total. The van der Waals surface area contributed by atoms with E-state index in [1.165, 1.54) is 11.1 Å². The lowest BCUT2D eigenvalue weighted by molar-refractivity contribution is -0.137. The van der Waals surface area contributed by atoms with Gasteiger partial charge in [0.05, 0.1) is 5.41 Å². The fraction of sp³-hybridized carbons (Fsp3) is 0.609. The molecule has 0 bridgehead atoms. The maximum Gasteiger partial charge on any atom is 0.248 e. The summed E-state index contributed by atoms with van der Waals surface area (Å²) in [5, 5.41) is 7.59. The number of nitrogens with one attached hydrogen (secondary N) is 1. The predicted octanol–water partition coefficient (Wildman–Crippen LogP) is 2.49. The maximum absolute atomic E-state index is 12.4. The van der Waals surface area contributed by atoms with Gasteiger partial charge in [0.25, 0.3) is 0 Å². The van der Waals surface area contributed by atoms with Crippen LogP contribution in [0.3, 0.4) is 0 Å². The summed E-state index contributed by atoms with van der Waals surface area (Å²) in [6.45, 7) is 10.8. The van der Waals surface area contributed by atoms with E-state index in [0.717, 1.165) is 50.8 Å². The monoisotopic (exact) mass is 411 g/mol. The Labute approximate surface area is 178 Å². The molecule has 2 aromatic rings. The molecule has 2 atom stereocenters. The number of piperidine rings is 1. The molecule has 0 spiro atoms. The number of methoxy groups -OCH3 is 1. The number of fused-ring (bicyclic) bond motifs is 1. The van der Waals surface area contributed by atoms with E-state index in [4.69, 9.17) is 9.72 Å². The summed E-state index contributed by atoms with van der Waals surface area (Å²) < 4.78 is 5.08. The van der Waals surface area contributed by atoms with E-state index in [9.17, 15) is 4.79 Å². The average Bonchev–Trinajstić information content (AvgIpc) is 3.32. The Balaban J connectivity index is 1.54. The summed E-state index contributed by atoms with van der Waals surface area (Å²) >= 11 is 0. The Hall–Kier alpha value is -2.25. The third kappa shape index (κ3) is 4.01. The minimum Gasteiger partial charge on any atom is -0.375 e. The van der Waals surface area contributed by atoms with Crippen molar-refractivity contribution in [2.75, 3.05) is 39.9 Å². The molecule has 7 nitrogen and oxygen atoms in total. The topological polar surface area (TPSA) is 74.3 Å². The van der Waals surface area contributed by atoms with Crippen LogP contribution in [0.2, 0.25) is 0 Å². The average molecular weight is 412 g/mol. The molecule has 2 saturated heterocycles. The first-order valence-electron chi connectivity index (χ1n) is 10.9. The summed E-state index contributed by atoms with van der Waals surface area (Å²) in [7, 11) is 1.57. The van der Waals surface area contributed by atoms with Crippen LogP contribution in [-0.2, 0) is 21.5 Å². The van der Waals surface area contributed by atoms with Crippen LogP contribution in [0, 0.1) is 12.8 Å². The van der Waals surface area contributed by atoms with E-state index < -0.39 is 0 Å². The maximum atomic E-state index is 12.4. The van der Waals surface area contributed by atoms with E-state index in [-0.39, 0.29) is 17.9 Å². The quantitative estimate of drug-likeness (QED) is 0.791. The highest BCUT2D eigenvalue weighted by atomic mass is 16.5. The van der Waals surface area contributed by atoms with Crippen molar-refractivity contribution in [3.8, 4) is 0 Å². The Morgan fingerprint density at radius 2 is 2.07 bits per heavy atom. The lowest BCUT2D eigenvalue weighted by Gasteiger charge is -2.41. The third-order valence-corrected chi connectivity index (χ3v) is 6.75. The molecule has 4 rings (SSSR count). The number of likely N-dealkylation sites (tertiary alicyclic amines) is 2. The first kappa shape index (κ1) is 21.0. The normalized spacial score (nSPS) is 24.4. The number of hydrogen-bond donors (Lipinski definition) is 1. The van der Waals surface area contributed by atoms with Crippen LogP contribution in [0.25, 0.3) is 0 Å². The molecule has 0 aliphatic carbocycles. The van der Waals surface area contributed by atoms with Crippen LogP contribution < -0.4 is 0 Å². The highest BCUT2D eigenvalue weighted by Crippen LogP contribution is 2.44. The number of aromatic amines is 1. The minimum absolute atomic E-state index is 0.0694. The van der Waals surface area contributed by atoms with Crippen LogP contribution in [0.15, 0.2) is 24.3 Å². The predicted molar refractivity (Wildman–Crippen MR) is 115 cm³/mol. The van der Waals surface area contributed by atoms with E-state index in [1.54, 1.807) is 7.11 Å². The first-order valence-corrected chi connectivity index (χ1v) is 10.9. The Bertz CT molecular complexity index is 878. The summed E-state index contributed by atoms with van der Waals surface area (Å²) in [5.41, 5.74) is 2.59. The lowest BCUT2D eigenvalue weighted by atomic mass is 9.72. The van der Waals surface area contributed by atoms with Crippen molar-refractivity contribution in [3.05, 3.63) is 47.0 Å². The van der Waals surface area contributed by atoms with Gasteiger partial charge in [-0.05, 0) is 30.4 Å². The molecule has 0 saturated carbocycles. The molecule has 162 valence electrons. The number of benzene rings is 1. The van der Waals surface area contributed by atoms with E-state index >= 15 is 0 Å². The Morgan fingerprint density at radius 3 is 2.70 bits per heavy atom. The van der Waals surface area contributed by atoms with Gasteiger partial charge in [-0.25, -0.2) is 4.98 Å². The Kier molecular flexibility index (Phi) is 5.93. The zero-order chi connectivity index (χ0) is 21.3. The Morgan fingerprint density at radius 1 is 1.30 bits per heavy atom. The molecule has 2 fully saturated rings. The molecule has 1 amide bonds. The molecule has 1 aromatic carbocycles. The van der Waals surface area contributed by atoms with Gasteiger partial charge in [-0.3, -0.25) is 14.8 Å². The second-order valence-electron chi connectivity index (χ2n) is 9.19. The highest BCUT2D eigenvalue weighted by molar-refractivity contribution is 5.77. The zero-order valence-corrected chi connectivity index (χ0v) is 18.5. The number of carbonyl (C=O) groups excluding carboxylic acids is 1. The molecular formula is C23H33N5O2. The summed E-state index contributed by atoms with van der Waals surface area (Å²) in [6, 6.07) is 8.97. The molecular weight excluding hydrogens is 378 g/mol. The van der Waals surface area contributed by atoms with E-state index in [1.807, 2.05) is 11.8 Å². The van der Waals surface area contributed by atoms with Crippen LogP contribution in [0.1, 0.15) is 49.0 Å². The summed E-state index contributed by atoms with van der Waals surface area (Å²) in [4.78, 5) is 21.6. The van der Waals surface area contributed by atoms with Crippen molar-refractivity contribution in [1.82, 2.24) is 25.0 Å². The van der Waals surface area contributed by atoms with Gasteiger partial charge in [0, 0.05) is 45.8 Å². The number of rotatable bonds is 6. The number of amides is 1. The molecule has 0 radical (unpaired) electrons. The lowest BCUT2D eigenvalue weighted by Crippen LogP contribution is -2.52. The van der Waals surface area contributed by atoms with Gasteiger partial charge in [-0.15, -0.1) is 0 Å². The van der Waals surface area contributed by atoms with E-state index in [0.29, 0.717) is 11.8 Å². The van der Waals surface area contributed by atoms with Crippen LogP contribution in [-0.4, -0.2) is 70.8 Å². The molecule has 3 heterocycles. The fourth-order valence-corrected chi connectivity index (χ4v) is 5.04. The third-order valence-electron chi connectivity index (χ3n) is 6.75. The smallest absolute Gasteiger partial charge is 0.248 e. The second-order valence-corrected chi connectivity index (χ2v) is 9.19. The van der Waals surface area contributed by atoms with E-state index in [2.05, 4.69) is 53.2 Å². The van der Waals surface area contributed by atoms with Gasteiger partial charge in [-0.2, -0.15) is 5.10 Å².